The molecule has 2 aromatic rings. The zero-order valence-electron chi connectivity index (χ0n) is 12.7. The van der Waals surface area contributed by atoms with Crippen LogP contribution in [-0.4, -0.2) is 40.1 Å². The number of carbonyl (C=O) groups is 2. The predicted octanol–water partition coefficient (Wildman–Crippen LogP) is 0.970. The normalized spacial score (nSPS) is 11.9. The van der Waals surface area contributed by atoms with Crippen LogP contribution in [0.5, 0.6) is 5.75 Å². The van der Waals surface area contributed by atoms with Crippen molar-refractivity contribution in [2.45, 2.75) is 13.0 Å². The van der Waals surface area contributed by atoms with Crippen molar-refractivity contribution in [3.05, 3.63) is 42.2 Å². The van der Waals surface area contributed by atoms with Gasteiger partial charge in [-0.05, 0) is 30.7 Å². The molecule has 0 radical (unpaired) electrons. The van der Waals surface area contributed by atoms with E-state index in [1.165, 1.54) is 12.4 Å². The number of benzene rings is 1. The van der Waals surface area contributed by atoms with Crippen LogP contribution in [0.15, 0.2) is 36.7 Å². The van der Waals surface area contributed by atoms with Gasteiger partial charge in [0.25, 0.3) is 0 Å². The van der Waals surface area contributed by atoms with E-state index in [0.717, 1.165) is 11.3 Å². The summed E-state index contributed by atoms with van der Waals surface area (Å²) in [5.41, 5.74) is 0.847. The number of H-pyrrole nitrogens is 1. The SMILES string of the molecule is COc1ccc(/C=C/C(=O)NC(C)C(=O)Nc2ncn[nH]2)cc1. The minimum Gasteiger partial charge on any atom is -0.497 e. The zero-order valence-corrected chi connectivity index (χ0v) is 12.7. The Bertz CT molecular complexity index is 680. The lowest BCUT2D eigenvalue weighted by Gasteiger charge is -2.11. The highest BCUT2D eigenvalue weighted by atomic mass is 16.5. The second-order valence-corrected chi connectivity index (χ2v) is 4.66. The summed E-state index contributed by atoms with van der Waals surface area (Å²) in [6, 6.07) is 6.52. The number of carbonyl (C=O) groups excluding carboxylic acids is 2. The van der Waals surface area contributed by atoms with Gasteiger partial charge in [-0.1, -0.05) is 12.1 Å². The number of aromatic amines is 1. The Morgan fingerprint density at radius 2 is 2.04 bits per heavy atom. The van der Waals surface area contributed by atoms with E-state index >= 15 is 0 Å². The molecule has 2 rings (SSSR count). The highest BCUT2D eigenvalue weighted by Gasteiger charge is 2.15. The van der Waals surface area contributed by atoms with E-state index < -0.39 is 11.9 Å². The van der Waals surface area contributed by atoms with Crippen LogP contribution in [0, 0.1) is 0 Å². The smallest absolute Gasteiger partial charge is 0.249 e. The summed E-state index contributed by atoms with van der Waals surface area (Å²) >= 11 is 0. The van der Waals surface area contributed by atoms with Crippen LogP contribution in [0.2, 0.25) is 0 Å². The number of hydrogen-bond donors (Lipinski definition) is 3. The maximum absolute atomic E-state index is 11.8. The van der Waals surface area contributed by atoms with Gasteiger partial charge in [0.2, 0.25) is 17.8 Å². The summed E-state index contributed by atoms with van der Waals surface area (Å²) in [5, 5.41) is 11.2. The van der Waals surface area contributed by atoms with Crippen LogP contribution < -0.4 is 15.4 Å². The molecule has 1 unspecified atom stereocenters. The topological polar surface area (TPSA) is 109 Å². The van der Waals surface area contributed by atoms with Crippen LogP contribution in [0.3, 0.4) is 0 Å². The number of aromatic nitrogens is 3. The number of anilines is 1. The fourth-order valence-corrected chi connectivity index (χ4v) is 1.70. The zero-order chi connectivity index (χ0) is 16.7. The van der Waals surface area contributed by atoms with Crippen molar-refractivity contribution in [1.82, 2.24) is 20.5 Å². The van der Waals surface area contributed by atoms with E-state index in [0.29, 0.717) is 0 Å². The van der Waals surface area contributed by atoms with Crippen molar-refractivity contribution in [3.63, 3.8) is 0 Å². The Kier molecular flexibility index (Phi) is 5.45. The van der Waals surface area contributed by atoms with Crippen LogP contribution in [0.1, 0.15) is 12.5 Å². The molecular weight excluding hydrogens is 298 g/mol. The van der Waals surface area contributed by atoms with E-state index in [1.807, 2.05) is 12.1 Å². The molecule has 3 N–H and O–H groups in total. The van der Waals surface area contributed by atoms with Gasteiger partial charge in [0.1, 0.15) is 18.1 Å². The van der Waals surface area contributed by atoms with Crippen molar-refractivity contribution >= 4 is 23.8 Å². The van der Waals surface area contributed by atoms with E-state index in [1.54, 1.807) is 32.2 Å². The predicted molar refractivity (Wildman–Crippen MR) is 84.6 cm³/mol. The van der Waals surface area contributed by atoms with Gasteiger partial charge >= 0.3 is 0 Å². The molecule has 0 saturated carbocycles. The lowest BCUT2D eigenvalue weighted by molar-refractivity contribution is -0.123. The fourth-order valence-electron chi connectivity index (χ4n) is 1.70. The third-order valence-corrected chi connectivity index (χ3v) is 2.95. The first-order valence-corrected chi connectivity index (χ1v) is 6.87. The molecule has 23 heavy (non-hydrogen) atoms. The second kappa shape index (κ2) is 7.74. The average molecular weight is 315 g/mol. The van der Waals surface area contributed by atoms with Gasteiger partial charge in [-0.25, -0.2) is 5.10 Å². The van der Waals surface area contributed by atoms with Gasteiger partial charge in [-0.2, -0.15) is 10.1 Å². The molecule has 0 aliphatic rings. The number of rotatable bonds is 6. The number of methoxy groups -OCH3 is 1. The molecular formula is C15H17N5O3. The fraction of sp³-hybridized carbons (Fsp3) is 0.200. The van der Waals surface area contributed by atoms with Gasteiger partial charge in [0.05, 0.1) is 7.11 Å². The van der Waals surface area contributed by atoms with E-state index in [4.69, 9.17) is 4.74 Å². The number of ether oxygens (including phenoxy) is 1. The van der Waals surface area contributed by atoms with Crippen LogP contribution in [-0.2, 0) is 9.59 Å². The van der Waals surface area contributed by atoms with E-state index in [-0.39, 0.29) is 11.9 Å². The van der Waals surface area contributed by atoms with Crippen LogP contribution in [0.4, 0.5) is 5.95 Å². The van der Waals surface area contributed by atoms with Crippen molar-refractivity contribution < 1.29 is 14.3 Å². The molecule has 0 aliphatic heterocycles. The van der Waals surface area contributed by atoms with Gasteiger partial charge in [-0.3, -0.25) is 14.9 Å². The lowest BCUT2D eigenvalue weighted by Crippen LogP contribution is -2.41. The van der Waals surface area contributed by atoms with Crippen molar-refractivity contribution in [2.24, 2.45) is 0 Å². The molecule has 2 amide bonds. The summed E-state index contributed by atoms with van der Waals surface area (Å²) in [6.07, 6.45) is 4.28. The van der Waals surface area contributed by atoms with Crippen LogP contribution >= 0.6 is 0 Å². The monoisotopic (exact) mass is 315 g/mol. The van der Waals surface area contributed by atoms with Crippen LogP contribution in [0.25, 0.3) is 6.08 Å². The first-order valence-electron chi connectivity index (χ1n) is 6.87. The molecule has 1 aromatic heterocycles. The third-order valence-electron chi connectivity index (χ3n) is 2.95. The number of hydrogen-bond acceptors (Lipinski definition) is 5. The number of amides is 2. The third kappa shape index (κ3) is 4.95. The van der Waals surface area contributed by atoms with Gasteiger partial charge < -0.3 is 10.1 Å². The molecule has 0 fully saturated rings. The quantitative estimate of drug-likeness (QED) is 0.688. The molecule has 1 heterocycles. The molecule has 8 nitrogen and oxygen atoms in total. The number of nitrogens with zero attached hydrogens (tertiary/aromatic N) is 2. The maximum Gasteiger partial charge on any atom is 0.249 e. The molecule has 1 aromatic carbocycles. The van der Waals surface area contributed by atoms with Crippen molar-refractivity contribution in [2.75, 3.05) is 12.4 Å². The summed E-state index contributed by atoms with van der Waals surface area (Å²) < 4.78 is 5.06. The molecule has 0 saturated heterocycles. The Balaban J connectivity index is 1.85. The first kappa shape index (κ1) is 16.2. The first-order chi connectivity index (χ1) is 11.1. The van der Waals surface area contributed by atoms with Gasteiger partial charge in [-0.15, -0.1) is 0 Å². The maximum atomic E-state index is 11.8. The van der Waals surface area contributed by atoms with E-state index in [9.17, 15) is 9.59 Å². The Morgan fingerprint density at radius 3 is 2.65 bits per heavy atom. The largest absolute Gasteiger partial charge is 0.497 e. The molecule has 0 aliphatic carbocycles. The number of nitrogens with one attached hydrogen (secondary N) is 3. The highest BCUT2D eigenvalue weighted by molar-refractivity contribution is 5.99. The summed E-state index contributed by atoms with van der Waals surface area (Å²) in [5.74, 6) is 0.197. The summed E-state index contributed by atoms with van der Waals surface area (Å²) in [7, 11) is 1.59. The molecule has 0 spiro atoms. The Labute approximate surface area is 133 Å². The molecule has 0 bridgehead atoms. The van der Waals surface area contributed by atoms with Gasteiger partial charge in [0, 0.05) is 6.08 Å². The standard InChI is InChI=1S/C15H17N5O3/c1-10(14(22)19-15-16-9-17-20-15)18-13(21)8-5-11-3-6-12(23-2)7-4-11/h3-10H,1-2H3,(H,18,21)(H2,16,17,19,20,22)/b8-5+. The molecule has 120 valence electrons. The van der Waals surface area contributed by atoms with E-state index in [2.05, 4.69) is 25.8 Å². The molecule has 8 heteroatoms. The average Bonchev–Trinajstić information content (AvgIpc) is 3.06. The minimum absolute atomic E-state index is 0.227. The highest BCUT2D eigenvalue weighted by Crippen LogP contribution is 2.12. The van der Waals surface area contributed by atoms with Crippen molar-refractivity contribution in [3.8, 4) is 5.75 Å². The Hall–Kier alpha value is -3.16. The van der Waals surface area contributed by atoms with Crippen molar-refractivity contribution in [1.29, 1.82) is 0 Å². The molecule has 1 atom stereocenters. The minimum atomic E-state index is -0.715. The Morgan fingerprint density at radius 1 is 1.30 bits per heavy atom. The second-order valence-electron chi connectivity index (χ2n) is 4.66. The summed E-state index contributed by atoms with van der Waals surface area (Å²) in [4.78, 5) is 27.4. The van der Waals surface area contributed by atoms with Gasteiger partial charge in [0.15, 0.2) is 0 Å². The lowest BCUT2D eigenvalue weighted by atomic mass is 10.2. The summed E-state index contributed by atoms with van der Waals surface area (Å²) in [6.45, 7) is 1.57.